The summed E-state index contributed by atoms with van der Waals surface area (Å²) in [5, 5.41) is 4.01. The van der Waals surface area contributed by atoms with Gasteiger partial charge in [-0.3, -0.25) is 0 Å². The number of furan rings is 1. The normalized spacial score (nSPS) is 13.1. The van der Waals surface area contributed by atoms with Crippen LogP contribution in [-0.2, 0) is 5.41 Å². The van der Waals surface area contributed by atoms with Gasteiger partial charge in [0.1, 0.15) is 11.4 Å². The van der Waals surface area contributed by atoms with Crippen LogP contribution < -0.4 is 4.90 Å². The van der Waals surface area contributed by atoms with Crippen LogP contribution >= 0.6 is 15.9 Å². The Labute approximate surface area is 332 Å². The largest absolute Gasteiger partial charge is 0.454 e. The fourth-order valence-corrected chi connectivity index (χ4v) is 9.58. The van der Waals surface area contributed by atoms with Gasteiger partial charge in [0, 0.05) is 60.2 Å². The number of rotatable bonds is 5. The Morgan fingerprint density at radius 3 is 2.11 bits per heavy atom. The zero-order valence-corrected chi connectivity index (χ0v) is 32.3. The average molecular weight is 790 g/mol. The average Bonchev–Trinajstić information content (AvgIpc) is 3.83. The molecule has 56 heavy (non-hydrogen) atoms. The maximum Gasteiger partial charge on any atom is 0.160 e. The monoisotopic (exact) mass is 788 g/mol. The third kappa shape index (κ3) is 4.87. The Balaban J connectivity index is 1.18. The van der Waals surface area contributed by atoms with Crippen LogP contribution in [0.5, 0.6) is 0 Å². The molecule has 1 aliphatic rings. The highest BCUT2D eigenvalue weighted by Crippen LogP contribution is 2.51. The minimum absolute atomic E-state index is 0.154. The van der Waals surface area contributed by atoms with Crippen molar-refractivity contribution in [3.63, 3.8) is 0 Å². The van der Waals surface area contributed by atoms with E-state index in [1.54, 1.807) is 0 Å². The van der Waals surface area contributed by atoms with Crippen molar-refractivity contribution in [3.8, 4) is 27.9 Å². The molecule has 0 fully saturated rings. The molecule has 3 nitrogen and oxygen atoms in total. The second kappa shape index (κ2) is 12.3. The lowest BCUT2D eigenvalue weighted by atomic mass is 9.82. The molecular weight excluding hydrogens is 755 g/mol. The molecule has 11 rings (SSSR count). The van der Waals surface area contributed by atoms with E-state index in [1.165, 1.54) is 34.4 Å². The summed E-state index contributed by atoms with van der Waals surface area (Å²) in [6.45, 7) is 4.66. The highest BCUT2D eigenvalue weighted by Gasteiger charge is 2.36. The number of nitrogens with zero attached hydrogens (tertiary/aromatic N) is 2. The molecule has 0 radical (unpaired) electrons. The van der Waals surface area contributed by atoms with E-state index in [2.05, 4.69) is 179 Å². The van der Waals surface area contributed by atoms with E-state index in [0.717, 1.165) is 76.5 Å². The summed E-state index contributed by atoms with van der Waals surface area (Å²) in [5.74, 6) is -0.316. The van der Waals surface area contributed by atoms with Gasteiger partial charge < -0.3 is 13.9 Å². The number of para-hydroxylation sites is 1. The smallest absolute Gasteiger partial charge is 0.160 e. The molecule has 0 unspecified atom stereocenters. The number of hydrogen-bond donors (Lipinski definition) is 0. The Bertz CT molecular complexity index is 3210. The first kappa shape index (κ1) is 33.0. The predicted molar refractivity (Wildman–Crippen MR) is 233 cm³/mol. The van der Waals surface area contributed by atoms with E-state index in [0.29, 0.717) is 5.58 Å². The molecular formula is C51H34BrFN2O. The highest BCUT2D eigenvalue weighted by molar-refractivity contribution is 9.10. The van der Waals surface area contributed by atoms with Crippen LogP contribution in [0.3, 0.4) is 0 Å². The molecule has 0 amide bonds. The first-order valence-electron chi connectivity index (χ1n) is 18.9. The van der Waals surface area contributed by atoms with Gasteiger partial charge in [-0.25, -0.2) is 4.39 Å². The molecule has 5 heteroatoms. The zero-order valence-electron chi connectivity index (χ0n) is 30.7. The van der Waals surface area contributed by atoms with E-state index in [1.807, 2.05) is 18.2 Å². The first-order chi connectivity index (χ1) is 27.3. The molecule has 0 atom stereocenters. The van der Waals surface area contributed by atoms with Crippen molar-refractivity contribution in [2.45, 2.75) is 19.3 Å². The lowest BCUT2D eigenvalue weighted by Crippen LogP contribution is -2.16. The van der Waals surface area contributed by atoms with Crippen molar-refractivity contribution in [1.82, 2.24) is 4.57 Å². The summed E-state index contributed by atoms with van der Waals surface area (Å²) in [6.07, 6.45) is 0. The molecule has 8 aromatic carbocycles. The van der Waals surface area contributed by atoms with Crippen LogP contribution in [-0.4, -0.2) is 4.57 Å². The van der Waals surface area contributed by atoms with Crippen LogP contribution in [0.25, 0.3) is 71.7 Å². The van der Waals surface area contributed by atoms with Crippen LogP contribution in [0, 0.1) is 5.82 Å². The SMILES string of the molecule is CC1(C)c2ccccc2-c2ccc(N(c3cccc(-c4ccccc4Br)c3)c3ccc4c(c3)c3ccc5c6ccc(F)cc6oc5c3n4-c3ccccc3)cc21. The van der Waals surface area contributed by atoms with Crippen LogP contribution in [0.2, 0.25) is 0 Å². The number of aromatic nitrogens is 1. The van der Waals surface area contributed by atoms with Crippen molar-refractivity contribution >= 4 is 76.7 Å². The molecule has 2 heterocycles. The zero-order chi connectivity index (χ0) is 37.7. The van der Waals surface area contributed by atoms with Crippen molar-refractivity contribution in [2.24, 2.45) is 0 Å². The topological polar surface area (TPSA) is 21.3 Å². The molecule has 0 aliphatic heterocycles. The number of benzene rings is 8. The van der Waals surface area contributed by atoms with Crippen LogP contribution in [0.1, 0.15) is 25.0 Å². The predicted octanol–water partition coefficient (Wildman–Crippen LogP) is 15.0. The molecule has 268 valence electrons. The van der Waals surface area contributed by atoms with Crippen molar-refractivity contribution in [2.75, 3.05) is 4.90 Å². The van der Waals surface area contributed by atoms with Gasteiger partial charge in [0.25, 0.3) is 0 Å². The van der Waals surface area contributed by atoms with E-state index in [9.17, 15) is 4.39 Å². The second-order valence-electron chi connectivity index (χ2n) is 15.2. The third-order valence-corrected chi connectivity index (χ3v) is 12.4. The number of halogens is 2. The Morgan fingerprint density at radius 1 is 0.554 bits per heavy atom. The summed E-state index contributed by atoms with van der Waals surface area (Å²) in [4.78, 5) is 2.38. The van der Waals surface area contributed by atoms with Gasteiger partial charge in [0.15, 0.2) is 5.58 Å². The lowest BCUT2D eigenvalue weighted by Gasteiger charge is -2.28. The van der Waals surface area contributed by atoms with Gasteiger partial charge in [-0.15, -0.1) is 0 Å². The Morgan fingerprint density at radius 2 is 1.25 bits per heavy atom. The fraction of sp³-hybridized carbons (Fsp3) is 0.0588. The third-order valence-electron chi connectivity index (χ3n) is 11.7. The van der Waals surface area contributed by atoms with Crippen molar-refractivity contribution < 1.29 is 8.81 Å². The molecule has 10 aromatic rings. The number of fused-ring (bicyclic) bond motifs is 10. The van der Waals surface area contributed by atoms with E-state index in [-0.39, 0.29) is 11.2 Å². The first-order valence-corrected chi connectivity index (χ1v) is 19.7. The van der Waals surface area contributed by atoms with Crippen molar-refractivity contribution in [3.05, 3.63) is 191 Å². The maximum atomic E-state index is 14.4. The summed E-state index contributed by atoms with van der Waals surface area (Å²) in [6, 6.07) is 59.1. The highest BCUT2D eigenvalue weighted by atomic mass is 79.9. The van der Waals surface area contributed by atoms with Gasteiger partial charge in [0.2, 0.25) is 0 Å². The van der Waals surface area contributed by atoms with E-state index < -0.39 is 0 Å². The summed E-state index contributed by atoms with van der Waals surface area (Å²) >= 11 is 3.81. The minimum Gasteiger partial charge on any atom is -0.454 e. The van der Waals surface area contributed by atoms with Crippen LogP contribution in [0.4, 0.5) is 21.5 Å². The molecule has 1 aliphatic carbocycles. The molecule has 0 saturated heterocycles. The molecule has 0 spiro atoms. The van der Waals surface area contributed by atoms with E-state index >= 15 is 0 Å². The number of hydrogen-bond acceptors (Lipinski definition) is 2. The number of anilines is 3. The molecule has 2 aromatic heterocycles. The van der Waals surface area contributed by atoms with E-state index in [4.69, 9.17) is 4.42 Å². The second-order valence-corrected chi connectivity index (χ2v) is 16.1. The van der Waals surface area contributed by atoms with Gasteiger partial charge in [-0.1, -0.05) is 115 Å². The quantitative estimate of drug-likeness (QED) is 0.173. The minimum atomic E-state index is -0.316. The summed E-state index contributed by atoms with van der Waals surface area (Å²) < 4.78 is 24.3. The fourth-order valence-electron chi connectivity index (χ4n) is 9.06. The van der Waals surface area contributed by atoms with Crippen molar-refractivity contribution in [1.29, 1.82) is 0 Å². The van der Waals surface area contributed by atoms with Gasteiger partial charge in [-0.2, -0.15) is 0 Å². The summed E-state index contributed by atoms with van der Waals surface area (Å²) in [7, 11) is 0. The Hall–Kier alpha value is -6.43. The summed E-state index contributed by atoms with van der Waals surface area (Å²) in [5.41, 5.74) is 14.8. The Kier molecular flexibility index (Phi) is 7.23. The maximum absolute atomic E-state index is 14.4. The van der Waals surface area contributed by atoms with Gasteiger partial charge >= 0.3 is 0 Å². The lowest BCUT2D eigenvalue weighted by molar-refractivity contribution is 0.618. The molecule has 0 bridgehead atoms. The molecule has 0 saturated carbocycles. The molecule has 0 N–H and O–H groups in total. The van der Waals surface area contributed by atoms with Gasteiger partial charge in [-0.05, 0) is 112 Å². The van der Waals surface area contributed by atoms with Crippen LogP contribution in [0.15, 0.2) is 179 Å². The van der Waals surface area contributed by atoms with Gasteiger partial charge in [0.05, 0.1) is 11.0 Å². The standard InChI is InChI=1S/C51H34BrFN2O/c1-51(2)44-17-8-6-16-38(44)39-23-20-36(30-45(39)51)54(34-14-10-11-31(27-34)37-15-7-9-18-46(37)52)35-21-26-47-43(29-35)41-24-25-42-40-22-19-32(53)28-48(40)56-50(42)49(41)55(47)33-12-4-3-5-13-33/h3-30H,1-2H3.